The Morgan fingerprint density at radius 3 is 1.60 bits per heavy atom. The van der Waals surface area contributed by atoms with E-state index in [1.165, 1.54) is 64.2 Å². The van der Waals surface area contributed by atoms with Gasteiger partial charge in [0.2, 0.25) is 5.91 Å². The van der Waals surface area contributed by atoms with Crippen molar-refractivity contribution in [2.24, 2.45) is 5.92 Å². The van der Waals surface area contributed by atoms with E-state index in [2.05, 4.69) is 18.7 Å². The third kappa shape index (κ3) is 3.77. The van der Waals surface area contributed by atoms with Gasteiger partial charge >= 0.3 is 0 Å². The smallest absolute Gasteiger partial charge is 0.226 e. The van der Waals surface area contributed by atoms with E-state index in [4.69, 9.17) is 0 Å². The van der Waals surface area contributed by atoms with Crippen LogP contribution in [0.15, 0.2) is 0 Å². The summed E-state index contributed by atoms with van der Waals surface area (Å²) in [5.41, 5.74) is 0. The quantitative estimate of drug-likeness (QED) is 0.699. The number of hydrogen-bond donors (Lipinski definition) is 0. The third-order valence-electron chi connectivity index (χ3n) is 5.53. The van der Waals surface area contributed by atoms with Gasteiger partial charge in [-0.3, -0.25) is 4.79 Å². The lowest BCUT2D eigenvalue weighted by Gasteiger charge is -2.43. The molecule has 2 aliphatic carbocycles. The van der Waals surface area contributed by atoms with Crippen molar-refractivity contribution in [1.29, 1.82) is 0 Å². The van der Waals surface area contributed by atoms with Crippen LogP contribution in [-0.4, -0.2) is 22.9 Å². The van der Waals surface area contributed by atoms with Crippen molar-refractivity contribution in [3.63, 3.8) is 0 Å². The zero-order valence-corrected chi connectivity index (χ0v) is 13.6. The van der Waals surface area contributed by atoms with Crippen LogP contribution in [0.3, 0.4) is 0 Å². The van der Waals surface area contributed by atoms with Gasteiger partial charge in [-0.25, -0.2) is 0 Å². The zero-order chi connectivity index (χ0) is 14.4. The standard InChI is InChI=1S/C18H33NO/c1-3-15(4-2)18(20)19(16-11-7-5-8-12-16)17-13-9-6-10-14-17/h15-17H,3-14H2,1-2H3. The van der Waals surface area contributed by atoms with Gasteiger partial charge in [0.1, 0.15) is 0 Å². The van der Waals surface area contributed by atoms with Crippen molar-refractivity contribution in [3.05, 3.63) is 0 Å². The lowest BCUT2D eigenvalue weighted by atomic mass is 9.87. The SMILES string of the molecule is CCC(CC)C(=O)N(C1CCCCC1)C1CCCCC1. The van der Waals surface area contributed by atoms with Crippen LogP contribution in [0, 0.1) is 5.92 Å². The molecule has 116 valence electrons. The first-order chi connectivity index (χ1) is 9.77. The number of carbonyl (C=O) groups excluding carboxylic acids is 1. The Labute approximate surface area is 125 Å². The molecule has 0 spiro atoms. The van der Waals surface area contributed by atoms with Crippen molar-refractivity contribution in [2.75, 3.05) is 0 Å². The maximum atomic E-state index is 13.0. The highest BCUT2D eigenvalue weighted by molar-refractivity contribution is 5.79. The molecule has 2 aliphatic rings. The maximum absolute atomic E-state index is 13.0. The molecule has 0 unspecified atom stereocenters. The lowest BCUT2D eigenvalue weighted by Crippen LogP contribution is -2.50. The maximum Gasteiger partial charge on any atom is 0.226 e. The van der Waals surface area contributed by atoms with Gasteiger partial charge in [0.15, 0.2) is 0 Å². The minimum Gasteiger partial charge on any atom is -0.336 e. The van der Waals surface area contributed by atoms with E-state index in [-0.39, 0.29) is 5.92 Å². The molecule has 0 aromatic carbocycles. The first-order valence-electron chi connectivity index (χ1n) is 9.10. The third-order valence-corrected chi connectivity index (χ3v) is 5.53. The number of carbonyl (C=O) groups is 1. The molecule has 20 heavy (non-hydrogen) atoms. The van der Waals surface area contributed by atoms with Gasteiger partial charge in [-0.1, -0.05) is 52.4 Å². The summed E-state index contributed by atoms with van der Waals surface area (Å²) >= 11 is 0. The van der Waals surface area contributed by atoms with Crippen LogP contribution in [0.1, 0.15) is 90.9 Å². The average Bonchev–Trinajstić information content (AvgIpc) is 2.51. The molecule has 0 N–H and O–H groups in total. The molecular formula is C18H33NO. The predicted octanol–water partition coefficient (Wildman–Crippen LogP) is 4.92. The molecule has 2 saturated carbocycles. The van der Waals surface area contributed by atoms with E-state index in [9.17, 15) is 4.79 Å². The van der Waals surface area contributed by atoms with Crippen LogP contribution >= 0.6 is 0 Å². The fourth-order valence-corrected chi connectivity index (χ4v) is 4.23. The van der Waals surface area contributed by atoms with Gasteiger partial charge in [-0.05, 0) is 38.5 Å². The Balaban J connectivity index is 2.11. The second-order valence-corrected chi connectivity index (χ2v) is 6.84. The summed E-state index contributed by atoms with van der Waals surface area (Å²) in [6, 6.07) is 1.11. The number of hydrogen-bond acceptors (Lipinski definition) is 1. The van der Waals surface area contributed by atoms with E-state index in [0.717, 1.165) is 12.8 Å². The van der Waals surface area contributed by atoms with E-state index in [1.807, 2.05) is 0 Å². The Morgan fingerprint density at radius 1 is 0.850 bits per heavy atom. The molecule has 0 atom stereocenters. The van der Waals surface area contributed by atoms with Crippen molar-refractivity contribution >= 4 is 5.91 Å². The fourth-order valence-electron chi connectivity index (χ4n) is 4.23. The molecule has 2 fully saturated rings. The summed E-state index contributed by atoms with van der Waals surface area (Å²) in [5, 5.41) is 0. The van der Waals surface area contributed by atoms with Crippen LogP contribution < -0.4 is 0 Å². The van der Waals surface area contributed by atoms with Crippen molar-refractivity contribution < 1.29 is 4.79 Å². The van der Waals surface area contributed by atoms with E-state index >= 15 is 0 Å². The summed E-state index contributed by atoms with van der Waals surface area (Å²) in [4.78, 5) is 15.4. The van der Waals surface area contributed by atoms with Gasteiger partial charge in [-0.2, -0.15) is 0 Å². The van der Waals surface area contributed by atoms with E-state index in [0.29, 0.717) is 18.0 Å². The second-order valence-electron chi connectivity index (χ2n) is 6.84. The second kappa shape index (κ2) is 8.05. The first kappa shape index (κ1) is 15.9. The zero-order valence-electron chi connectivity index (χ0n) is 13.6. The van der Waals surface area contributed by atoms with Crippen LogP contribution in [0.5, 0.6) is 0 Å². The van der Waals surface area contributed by atoms with Crippen LogP contribution in [0.25, 0.3) is 0 Å². The minimum atomic E-state index is 0.263. The molecule has 0 aromatic heterocycles. The summed E-state index contributed by atoms with van der Waals surface area (Å²) in [6.45, 7) is 4.35. The highest BCUT2D eigenvalue weighted by atomic mass is 16.2. The minimum absolute atomic E-state index is 0.263. The highest BCUT2D eigenvalue weighted by Gasteiger charge is 2.34. The number of nitrogens with zero attached hydrogens (tertiary/aromatic N) is 1. The molecule has 0 heterocycles. The molecule has 0 aliphatic heterocycles. The van der Waals surface area contributed by atoms with Crippen LogP contribution in [0.2, 0.25) is 0 Å². The number of amides is 1. The lowest BCUT2D eigenvalue weighted by molar-refractivity contribution is -0.142. The van der Waals surface area contributed by atoms with E-state index < -0.39 is 0 Å². The molecule has 1 amide bonds. The largest absolute Gasteiger partial charge is 0.336 e. The molecule has 0 saturated heterocycles. The highest BCUT2D eigenvalue weighted by Crippen LogP contribution is 2.32. The van der Waals surface area contributed by atoms with Gasteiger partial charge in [0.25, 0.3) is 0 Å². The van der Waals surface area contributed by atoms with Crippen LogP contribution in [-0.2, 0) is 4.79 Å². The summed E-state index contributed by atoms with van der Waals surface area (Å²) < 4.78 is 0. The first-order valence-corrected chi connectivity index (χ1v) is 9.10. The molecule has 0 radical (unpaired) electrons. The molecule has 0 bridgehead atoms. The summed E-state index contributed by atoms with van der Waals surface area (Å²) in [5.74, 6) is 0.743. The Bertz CT molecular complexity index is 268. The normalized spacial score (nSPS) is 22.1. The topological polar surface area (TPSA) is 20.3 Å². The van der Waals surface area contributed by atoms with Gasteiger partial charge in [-0.15, -0.1) is 0 Å². The fraction of sp³-hybridized carbons (Fsp3) is 0.944. The number of rotatable bonds is 5. The van der Waals surface area contributed by atoms with E-state index in [1.54, 1.807) is 0 Å². The van der Waals surface area contributed by atoms with Gasteiger partial charge in [0, 0.05) is 18.0 Å². The Kier molecular flexibility index (Phi) is 6.38. The summed E-state index contributed by atoms with van der Waals surface area (Å²) in [7, 11) is 0. The molecule has 2 heteroatoms. The molecule has 2 nitrogen and oxygen atoms in total. The van der Waals surface area contributed by atoms with Crippen molar-refractivity contribution in [2.45, 2.75) is 103 Å². The molecular weight excluding hydrogens is 246 g/mol. The molecule has 0 aromatic rings. The molecule has 2 rings (SSSR count). The average molecular weight is 279 g/mol. The van der Waals surface area contributed by atoms with Gasteiger partial charge < -0.3 is 4.90 Å². The Morgan fingerprint density at radius 2 is 1.25 bits per heavy atom. The summed E-state index contributed by atoms with van der Waals surface area (Å²) in [6.07, 6.45) is 15.1. The monoisotopic (exact) mass is 279 g/mol. The predicted molar refractivity (Wildman–Crippen MR) is 84.7 cm³/mol. The van der Waals surface area contributed by atoms with Crippen molar-refractivity contribution in [1.82, 2.24) is 4.90 Å². The Hall–Kier alpha value is -0.530. The van der Waals surface area contributed by atoms with Crippen molar-refractivity contribution in [3.8, 4) is 0 Å². The van der Waals surface area contributed by atoms with Gasteiger partial charge in [0.05, 0.1) is 0 Å². The van der Waals surface area contributed by atoms with Crippen LogP contribution in [0.4, 0.5) is 0 Å².